The van der Waals surface area contributed by atoms with Gasteiger partial charge < -0.3 is 5.32 Å². The van der Waals surface area contributed by atoms with Crippen LogP contribution in [-0.2, 0) is 0 Å². The van der Waals surface area contributed by atoms with Gasteiger partial charge >= 0.3 is 0 Å². The van der Waals surface area contributed by atoms with Crippen LogP contribution in [0, 0.1) is 0 Å². The molecular weight excluding hydrogens is 240 g/mol. The highest BCUT2D eigenvalue weighted by molar-refractivity contribution is 9.10. The zero-order valence-corrected chi connectivity index (χ0v) is 9.71. The minimum absolute atomic E-state index is 0.552. The van der Waals surface area contributed by atoms with E-state index in [-0.39, 0.29) is 0 Å². The lowest BCUT2D eigenvalue weighted by molar-refractivity contribution is 0.578. The predicted molar refractivity (Wildman–Crippen MR) is 62.0 cm³/mol. The van der Waals surface area contributed by atoms with Crippen molar-refractivity contribution in [2.75, 3.05) is 6.54 Å². The third kappa shape index (κ3) is 2.22. The Morgan fingerprint density at radius 1 is 1.50 bits per heavy atom. The van der Waals surface area contributed by atoms with E-state index in [0.717, 1.165) is 23.3 Å². The number of hydrogen-bond donors (Lipinski definition) is 1. The molecule has 2 heterocycles. The Bertz CT molecular complexity index is 360. The van der Waals surface area contributed by atoms with Gasteiger partial charge in [0.25, 0.3) is 0 Å². The van der Waals surface area contributed by atoms with Crippen molar-refractivity contribution in [2.45, 2.75) is 19.4 Å². The maximum absolute atomic E-state index is 4.45. The standard InChI is InChI=1S/C11H13BrN2/c1-8-7-9(5-6-13-8)10-3-2-4-11(12)14-10/h2-5,8,13H,6-7H2,1H3. The van der Waals surface area contributed by atoms with Gasteiger partial charge in [-0.2, -0.15) is 0 Å². The van der Waals surface area contributed by atoms with Gasteiger partial charge in [0, 0.05) is 12.6 Å². The van der Waals surface area contributed by atoms with Crippen LogP contribution in [0.2, 0.25) is 0 Å². The number of pyridine rings is 1. The fourth-order valence-electron chi connectivity index (χ4n) is 1.66. The van der Waals surface area contributed by atoms with Crippen molar-refractivity contribution in [3.8, 4) is 0 Å². The normalized spacial score (nSPS) is 21.9. The largest absolute Gasteiger partial charge is 0.310 e. The van der Waals surface area contributed by atoms with Crippen molar-refractivity contribution >= 4 is 21.5 Å². The monoisotopic (exact) mass is 252 g/mol. The molecule has 0 bridgehead atoms. The zero-order chi connectivity index (χ0) is 9.97. The average molecular weight is 253 g/mol. The molecule has 0 spiro atoms. The third-order valence-electron chi connectivity index (χ3n) is 2.38. The Morgan fingerprint density at radius 2 is 2.36 bits per heavy atom. The molecule has 1 aliphatic heterocycles. The molecule has 1 N–H and O–H groups in total. The first-order valence-electron chi connectivity index (χ1n) is 4.81. The van der Waals surface area contributed by atoms with Crippen molar-refractivity contribution in [3.05, 3.63) is 34.6 Å². The predicted octanol–water partition coefficient (Wildman–Crippen LogP) is 2.61. The molecule has 0 amide bonds. The van der Waals surface area contributed by atoms with Gasteiger partial charge in [0.1, 0.15) is 4.60 Å². The van der Waals surface area contributed by atoms with E-state index < -0.39 is 0 Å². The summed E-state index contributed by atoms with van der Waals surface area (Å²) in [4.78, 5) is 4.45. The van der Waals surface area contributed by atoms with Crippen LogP contribution < -0.4 is 5.32 Å². The van der Waals surface area contributed by atoms with Gasteiger partial charge in [-0.15, -0.1) is 0 Å². The summed E-state index contributed by atoms with van der Waals surface area (Å²) in [5.74, 6) is 0. The Labute approximate surface area is 92.6 Å². The van der Waals surface area contributed by atoms with Gasteiger partial charge in [-0.1, -0.05) is 12.1 Å². The van der Waals surface area contributed by atoms with Gasteiger partial charge in [0.2, 0.25) is 0 Å². The molecular formula is C11H13BrN2. The number of aromatic nitrogens is 1. The molecule has 0 saturated carbocycles. The number of hydrogen-bond acceptors (Lipinski definition) is 2. The van der Waals surface area contributed by atoms with Gasteiger partial charge in [-0.3, -0.25) is 0 Å². The Balaban J connectivity index is 2.26. The molecule has 14 heavy (non-hydrogen) atoms. The summed E-state index contributed by atoms with van der Waals surface area (Å²) in [6.45, 7) is 3.15. The fourth-order valence-corrected chi connectivity index (χ4v) is 2.01. The molecule has 0 fully saturated rings. The number of rotatable bonds is 1. The Morgan fingerprint density at radius 3 is 3.07 bits per heavy atom. The minimum atomic E-state index is 0.552. The molecule has 1 aromatic heterocycles. The van der Waals surface area contributed by atoms with Crippen LogP contribution in [0.4, 0.5) is 0 Å². The van der Waals surface area contributed by atoms with Gasteiger partial charge in [0.15, 0.2) is 0 Å². The minimum Gasteiger partial charge on any atom is -0.310 e. The molecule has 74 valence electrons. The third-order valence-corrected chi connectivity index (χ3v) is 2.83. The maximum atomic E-state index is 4.45. The molecule has 2 rings (SSSR count). The number of nitrogens with zero attached hydrogens (tertiary/aromatic N) is 1. The topological polar surface area (TPSA) is 24.9 Å². The number of halogens is 1. The molecule has 3 heteroatoms. The van der Waals surface area contributed by atoms with E-state index in [1.54, 1.807) is 0 Å². The molecule has 2 nitrogen and oxygen atoms in total. The summed E-state index contributed by atoms with van der Waals surface area (Å²) in [6.07, 6.45) is 3.28. The van der Waals surface area contributed by atoms with E-state index in [2.05, 4.69) is 45.3 Å². The number of nitrogens with one attached hydrogen (secondary N) is 1. The second-order valence-corrected chi connectivity index (χ2v) is 4.40. The summed E-state index contributed by atoms with van der Waals surface area (Å²) in [5.41, 5.74) is 2.44. The van der Waals surface area contributed by atoms with Crippen molar-refractivity contribution in [1.82, 2.24) is 10.3 Å². The van der Waals surface area contributed by atoms with Crippen molar-refractivity contribution in [2.24, 2.45) is 0 Å². The first-order chi connectivity index (χ1) is 6.75. The van der Waals surface area contributed by atoms with E-state index in [4.69, 9.17) is 0 Å². The first-order valence-corrected chi connectivity index (χ1v) is 5.60. The lowest BCUT2D eigenvalue weighted by atomic mass is 10.0. The van der Waals surface area contributed by atoms with Crippen LogP contribution in [0.3, 0.4) is 0 Å². The lowest BCUT2D eigenvalue weighted by Crippen LogP contribution is -2.30. The Hall–Kier alpha value is -0.670. The summed E-state index contributed by atoms with van der Waals surface area (Å²) < 4.78 is 0.905. The molecule has 0 aliphatic carbocycles. The quantitative estimate of drug-likeness (QED) is 0.778. The highest BCUT2D eigenvalue weighted by Gasteiger charge is 2.12. The molecule has 1 aliphatic rings. The highest BCUT2D eigenvalue weighted by Crippen LogP contribution is 2.21. The van der Waals surface area contributed by atoms with Crippen LogP contribution >= 0.6 is 15.9 Å². The smallest absolute Gasteiger partial charge is 0.106 e. The molecule has 1 aromatic rings. The fraction of sp³-hybridized carbons (Fsp3) is 0.364. The van der Waals surface area contributed by atoms with Crippen LogP contribution in [0.25, 0.3) is 5.57 Å². The molecule has 1 atom stereocenters. The lowest BCUT2D eigenvalue weighted by Gasteiger charge is -2.20. The first kappa shape index (κ1) is 9.87. The highest BCUT2D eigenvalue weighted by atomic mass is 79.9. The van der Waals surface area contributed by atoms with Crippen LogP contribution in [0.5, 0.6) is 0 Å². The van der Waals surface area contributed by atoms with Crippen molar-refractivity contribution in [3.63, 3.8) is 0 Å². The molecule has 0 saturated heterocycles. The van der Waals surface area contributed by atoms with Gasteiger partial charge in [-0.05, 0) is 47.0 Å². The van der Waals surface area contributed by atoms with E-state index in [1.807, 2.05) is 12.1 Å². The molecule has 1 unspecified atom stereocenters. The summed E-state index contributed by atoms with van der Waals surface area (Å²) in [7, 11) is 0. The van der Waals surface area contributed by atoms with Crippen LogP contribution in [0.1, 0.15) is 19.0 Å². The van der Waals surface area contributed by atoms with E-state index in [9.17, 15) is 0 Å². The van der Waals surface area contributed by atoms with Crippen LogP contribution in [-0.4, -0.2) is 17.6 Å². The maximum Gasteiger partial charge on any atom is 0.106 e. The summed E-state index contributed by atoms with van der Waals surface area (Å²) >= 11 is 3.39. The average Bonchev–Trinajstić information content (AvgIpc) is 2.18. The zero-order valence-electron chi connectivity index (χ0n) is 8.13. The van der Waals surface area contributed by atoms with Gasteiger partial charge in [0.05, 0.1) is 5.69 Å². The summed E-state index contributed by atoms with van der Waals surface area (Å²) in [5, 5.41) is 3.38. The van der Waals surface area contributed by atoms with E-state index in [1.165, 1.54) is 5.57 Å². The SMILES string of the molecule is CC1CC(c2cccc(Br)n2)=CCN1. The van der Waals surface area contributed by atoms with Crippen molar-refractivity contribution in [1.29, 1.82) is 0 Å². The van der Waals surface area contributed by atoms with Gasteiger partial charge in [-0.25, -0.2) is 4.98 Å². The Kier molecular flexibility index (Phi) is 2.99. The second-order valence-electron chi connectivity index (χ2n) is 3.59. The molecule has 0 aromatic carbocycles. The van der Waals surface area contributed by atoms with E-state index in [0.29, 0.717) is 6.04 Å². The molecule has 0 radical (unpaired) electrons. The van der Waals surface area contributed by atoms with Crippen molar-refractivity contribution < 1.29 is 0 Å². The van der Waals surface area contributed by atoms with Crippen LogP contribution in [0.15, 0.2) is 28.9 Å². The van der Waals surface area contributed by atoms with E-state index >= 15 is 0 Å². The summed E-state index contributed by atoms with van der Waals surface area (Å²) in [6, 6.07) is 6.60. The second kappa shape index (κ2) is 4.24.